The monoisotopic (exact) mass is 411 g/mol. The van der Waals surface area contributed by atoms with Crippen LogP contribution in [0.25, 0.3) is 11.4 Å². The van der Waals surface area contributed by atoms with Crippen molar-refractivity contribution in [1.82, 2.24) is 20.6 Å². The Hall–Kier alpha value is -2.73. The molecular weight excluding hydrogens is 390 g/mol. The molecule has 0 saturated carbocycles. The number of amides is 2. The van der Waals surface area contributed by atoms with Gasteiger partial charge in [-0.3, -0.25) is 4.79 Å². The van der Waals surface area contributed by atoms with E-state index in [2.05, 4.69) is 25.6 Å². The number of hydrogen-bond donors (Lipinski definition) is 4. The van der Waals surface area contributed by atoms with E-state index in [1.54, 1.807) is 26.2 Å². The molecule has 0 unspecified atom stereocenters. The van der Waals surface area contributed by atoms with Gasteiger partial charge in [-0.1, -0.05) is 0 Å². The third-order valence-electron chi connectivity index (χ3n) is 2.76. The van der Waals surface area contributed by atoms with Gasteiger partial charge in [-0.05, 0) is 20.8 Å². The molecule has 0 bridgehead atoms. The van der Waals surface area contributed by atoms with Crippen LogP contribution in [0.2, 0.25) is 0 Å². The summed E-state index contributed by atoms with van der Waals surface area (Å²) >= 11 is 2.68. The van der Waals surface area contributed by atoms with Crippen LogP contribution in [0.3, 0.4) is 0 Å². The molecule has 2 rings (SSSR count). The number of nitrogens with zero attached hydrogens (tertiary/aromatic N) is 3. The molecule has 0 radical (unpaired) electrons. The Morgan fingerprint density at radius 2 is 1.81 bits per heavy atom. The van der Waals surface area contributed by atoms with Gasteiger partial charge in [-0.15, -0.1) is 22.7 Å². The zero-order valence-corrected chi connectivity index (χ0v) is 16.7. The summed E-state index contributed by atoms with van der Waals surface area (Å²) in [6, 6.07) is 0. The Morgan fingerprint density at radius 1 is 1.15 bits per heavy atom. The van der Waals surface area contributed by atoms with Gasteiger partial charge >= 0.3 is 6.09 Å². The van der Waals surface area contributed by atoms with Gasteiger partial charge in [0, 0.05) is 10.8 Å². The lowest BCUT2D eigenvalue weighted by Gasteiger charge is -2.19. The van der Waals surface area contributed by atoms with E-state index in [1.165, 1.54) is 22.7 Å². The first-order valence-electron chi connectivity index (χ1n) is 7.86. The van der Waals surface area contributed by atoms with Crippen LogP contribution in [-0.2, 0) is 16.1 Å². The molecule has 0 aliphatic rings. The van der Waals surface area contributed by atoms with Gasteiger partial charge in [-0.2, -0.15) is 4.99 Å². The van der Waals surface area contributed by atoms with E-state index in [9.17, 15) is 9.59 Å². The number of aromatic nitrogens is 2. The molecule has 0 fully saturated rings. The molecule has 12 heteroatoms. The average molecular weight is 412 g/mol. The minimum absolute atomic E-state index is 0.0578. The molecule has 0 spiro atoms. The summed E-state index contributed by atoms with van der Waals surface area (Å²) in [5, 5.41) is 9.84. The van der Waals surface area contributed by atoms with Crippen LogP contribution in [0.1, 0.15) is 25.8 Å². The maximum Gasteiger partial charge on any atom is 0.408 e. The molecule has 27 heavy (non-hydrogen) atoms. The van der Waals surface area contributed by atoms with Crippen molar-refractivity contribution < 1.29 is 14.3 Å². The fraction of sp³-hybridized carbons (Fsp3) is 0.400. The highest BCUT2D eigenvalue weighted by Crippen LogP contribution is 2.27. The molecular formula is C15H21N7O3S2. The molecule has 6 N–H and O–H groups in total. The number of aliphatic imine (C=N–C) groups is 1. The lowest BCUT2D eigenvalue weighted by molar-refractivity contribution is -0.120. The molecule has 2 aromatic heterocycles. The Morgan fingerprint density at radius 3 is 2.48 bits per heavy atom. The SMILES string of the molecule is CC(C)(C)OC(=O)NCC(=O)NCc1nc(-c2csc(N=C(N)N)n2)cs1. The topological polar surface area (TPSA) is 158 Å². The summed E-state index contributed by atoms with van der Waals surface area (Å²) in [5.41, 5.74) is 11.4. The Bertz CT molecular complexity index is 835. The van der Waals surface area contributed by atoms with Crippen molar-refractivity contribution in [1.29, 1.82) is 0 Å². The first-order chi connectivity index (χ1) is 12.6. The van der Waals surface area contributed by atoms with Gasteiger partial charge in [-0.25, -0.2) is 14.8 Å². The molecule has 10 nitrogen and oxygen atoms in total. The molecule has 2 heterocycles. The van der Waals surface area contributed by atoms with Crippen molar-refractivity contribution in [3.8, 4) is 11.4 Å². The van der Waals surface area contributed by atoms with Crippen molar-refractivity contribution in [2.24, 2.45) is 16.5 Å². The van der Waals surface area contributed by atoms with Crippen molar-refractivity contribution in [2.75, 3.05) is 6.54 Å². The van der Waals surface area contributed by atoms with Gasteiger partial charge in [0.25, 0.3) is 0 Å². The number of thiazole rings is 2. The molecule has 0 atom stereocenters. The second-order valence-corrected chi connectivity index (χ2v) is 8.09. The van der Waals surface area contributed by atoms with Crippen molar-refractivity contribution >= 4 is 45.8 Å². The number of carbonyl (C=O) groups excluding carboxylic acids is 2. The molecule has 146 valence electrons. The largest absolute Gasteiger partial charge is 0.444 e. The lowest BCUT2D eigenvalue weighted by Crippen LogP contribution is -2.39. The van der Waals surface area contributed by atoms with Crippen LogP contribution >= 0.6 is 22.7 Å². The highest BCUT2D eigenvalue weighted by Gasteiger charge is 2.16. The summed E-state index contributed by atoms with van der Waals surface area (Å²) in [6.07, 6.45) is -0.644. The van der Waals surface area contributed by atoms with Gasteiger partial charge in [0.2, 0.25) is 11.0 Å². The maximum absolute atomic E-state index is 11.8. The standard InChI is InChI=1S/C15H21N7O3S2/c1-15(2,3)25-14(24)19-4-10(23)18-5-11-20-8(6-26-11)9-7-27-13(21-9)22-12(16)17/h6-7H,4-5H2,1-3H3,(H,18,23)(H,19,24)(H4,16,17,21,22). The quantitative estimate of drug-likeness (QED) is 0.412. The maximum atomic E-state index is 11.8. The zero-order valence-electron chi connectivity index (χ0n) is 15.1. The fourth-order valence-corrected chi connectivity index (χ4v) is 3.18. The number of nitrogens with one attached hydrogen (secondary N) is 2. The third kappa shape index (κ3) is 7.19. The summed E-state index contributed by atoms with van der Waals surface area (Å²) in [7, 11) is 0. The molecule has 0 aromatic carbocycles. The average Bonchev–Trinajstić information content (AvgIpc) is 3.17. The number of rotatable bonds is 6. The number of hydrogen-bond acceptors (Lipinski definition) is 8. The highest BCUT2D eigenvalue weighted by atomic mass is 32.1. The van der Waals surface area contributed by atoms with E-state index in [0.29, 0.717) is 21.5 Å². The third-order valence-corrected chi connectivity index (χ3v) is 4.34. The summed E-state index contributed by atoms with van der Waals surface area (Å²) in [4.78, 5) is 35.9. The van der Waals surface area contributed by atoms with Crippen molar-refractivity contribution in [3.63, 3.8) is 0 Å². The van der Waals surface area contributed by atoms with Crippen LogP contribution in [0, 0.1) is 0 Å². The first-order valence-corrected chi connectivity index (χ1v) is 9.62. The summed E-state index contributed by atoms with van der Waals surface area (Å²) < 4.78 is 5.06. The van der Waals surface area contributed by atoms with Crippen molar-refractivity contribution in [3.05, 3.63) is 15.8 Å². The number of guanidine groups is 1. The second kappa shape index (κ2) is 8.77. The molecule has 0 saturated heterocycles. The van der Waals surface area contributed by atoms with Crippen LogP contribution in [0.5, 0.6) is 0 Å². The predicted octanol–water partition coefficient (Wildman–Crippen LogP) is 1.31. The van der Waals surface area contributed by atoms with Gasteiger partial charge in [0.1, 0.15) is 28.5 Å². The highest BCUT2D eigenvalue weighted by molar-refractivity contribution is 7.13. The zero-order chi connectivity index (χ0) is 20.0. The Kier molecular flexibility index (Phi) is 6.69. The van der Waals surface area contributed by atoms with Crippen LogP contribution in [0.15, 0.2) is 15.8 Å². The van der Waals surface area contributed by atoms with E-state index in [-0.39, 0.29) is 25.0 Å². The minimum Gasteiger partial charge on any atom is -0.444 e. The molecule has 2 amide bonds. The molecule has 2 aromatic rings. The van der Waals surface area contributed by atoms with E-state index >= 15 is 0 Å². The number of nitrogens with two attached hydrogens (primary N) is 2. The van der Waals surface area contributed by atoms with E-state index in [4.69, 9.17) is 16.2 Å². The van der Waals surface area contributed by atoms with Crippen LogP contribution in [-0.4, -0.2) is 40.1 Å². The molecule has 0 aliphatic carbocycles. The van der Waals surface area contributed by atoms with Crippen molar-refractivity contribution in [2.45, 2.75) is 32.9 Å². The van der Waals surface area contributed by atoms with Gasteiger partial charge in [0.15, 0.2) is 5.96 Å². The number of alkyl carbamates (subject to hydrolysis) is 1. The molecule has 0 aliphatic heterocycles. The lowest BCUT2D eigenvalue weighted by atomic mass is 10.2. The predicted molar refractivity (Wildman–Crippen MR) is 105 cm³/mol. The van der Waals surface area contributed by atoms with E-state index in [0.717, 1.165) is 0 Å². The minimum atomic E-state index is -0.644. The van der Waals surface area contributed by atoms with Crippen LogP contribution in [0.4, 0.5) is 9.93 Å². The van der Waals surface area contributed by atoms with E-state index in [1.807, 2.05) is 5.38 Å². The van der Waals surface area contributed by atoms with E-state index < -0.39 is 11.7 Å². The Labute approximate surface area is 164 Å². The Balaban J connectivity index is 1.82. The second-order valence-electron chi connectivity index (χ2n) is 6.31. The number of ether oxygens (including phenoxy) is 1. The first kappa shape index (κ1) is 20.6. The smallest absolute Gasteiger partial charge is 0.408 e. The summed E-state index contributed by atoms with van der Waals surface area (Å²) in [5.74, 6) is -0.404. The van der Waals surface area contributed by atoms with Crippen LogP contribution < -0.4 is 22.1 Å². The van der Waals surface area contributed by atoms with Gasteiger partial charge < -0.3 is 26.8 Å². The normalized spacial score (nSPS) is 10.9. The number of carbonyl (C=O) groups is 2. The van der Waals surface area contributed by atoms with Gasteiger partial charge in [0.05, 0.1) is 6.54 Å². The summed E-state index contributed by atoms with van der Waals surface area (Å²) in [6.45, 7) is 5.30. The fourth-order valence-electron chi connectivity index (χ4n) is 1.76.